The predicted octanol–water partition coefficient (Wildman–Crippen LogP) is 4.59. The summed E-state index contributed by atoms with van der Waals surface area (Å²) in [6.45, 7) is 0.598. The zero-order valence-corrected chi connectivity index (χ0v) is 13.4. The van der Waals surface area contributed by atoms with E-state index in [0.717, 1.165) is 22.3 Å². The molecule has 112 valence electrons. The molecule has 4 nitrogen and oxygen atoms in total. The first-order chi connectivity index (χ1) is 10.7. The van der Waals surface area contributed by atoms with E-state index in [-0.39, 0.29) is 0 Å². The summed E-state index contributed by atoms with van der Waals surface area (Å²) in [4.78, 5) is 8.92. The molecule has 0 amide bonds. The van der Waals surface area contributed by atoms with Gasteiger partial charge in [0.15, 0.2) is 0 Å². The summed E-state index contributed by atoms with van der Waals surface area (Å²) in [7, 11) is 1.80. The van der Waals surface area contributed by atoms with Crippen molar-refractivity contribution in [1.82, 2.24) is 9.97 Å². The Morgan fingerprint density at radius 1 is 1.00 bits per heavy atom. The van der Waals surface area contributed by atoms with Gasteiger partial charge in [0.1, 0.15) is 5.82 Å². The molecule has 0 radical (unpaired) electrons. The fourth-order valence-corrected chi connectivity index (χ4v) is 2.48. The van der Waals surface area contributed by atoms with Crippen LogP contribution in [0, 0.1) is 0 Å². The number of hydrogen-bond acceptors (Lipinski definition) is 4. The Bertz CT molecular complexity index is 820. The van der Waals surface area contributed by atoms with E-state index in [4.69, 9.17) is 23.2 Å². The summed E-state index contributed by atoms with van der Waals surface area (Å²) in [6, 6.07) is 13.4. The molecule has 0 aliphatic rings. The minimum atomic E-state index is 0.546. The van der Waals surface area contributed by atoms with Crippen molar-refractivity contribution in [3.05, 3.63) is 58.1 Å². The average molecular weight is 333 g/mol. The minimum absolute atomic E-state index is 0.546. The number of nitrogens with zero attached hydrogens (tertiary/aromatic N) is 2. The second-order valence-corrected chi connectivity index (χ2v) is 5.58. The Hall–Kier alpha value is -2.04. The molecule has 0 aliphatic carbocycles. The number of nitrogens with one attached hydrogen (secondary N) is 2. The highest BCUT2D eigenvalue weighted by atomic mass is 35.5. The molecule has 0 saturated heterocycles. The number of para-hydroxylation sites is 1. The summed E-state index contributed by atoms with van der Waals surface area (Å²) in [5.74, 6) is 1.36. The van der Waals surface area contributed by atoms with Crippen LogP contribution >= 0.6 is 23.2 Å². The second-order valence-electron chi connectivity index (χ2n) is 4.76. The Morgan fingerprint density at radius 3 is 2.59 bits per heavy atom. The highest BCUT2D eigenvalue weighted by Crippen LogP contribution is 2.25. The van der Waals surface area contributed by atoms with Crippen molar-refractivity contribution in [2.45, 2.75) is 6.54 Å². The average Bonchev–Trinajstić information content (AvgIpc) is 2.55. The van der Waals surface area contributed by atoms with E-state index in [1.54, 1.807) is 13.1 Å². The van der Waals surface area contributed by atoms with Crippen LogP contribution in [0.25, 0.3) is 10.9 Å². The third-order valence-electron chi connectivity index (χ3n) is 3.27. The number of aromatic nitrogens is 2. The minimum Gasteiger partial charge on any atom is -0.365 e. The maximum Gasteiger partial charge on any atom is 0.224 e. The standard InChI is InChI=1S/C16H14Cl2N4/c1-19-16-21-14-5-3-2-4-11(14)15(22-16)20-9-10-6-7-12(17)13(18)8-10/h2-8H,9H2,1H3,(H2,19,20,21,22). The maximum atomic E-state index is 6.04. The smallest absolute Gasteiger partial charge is 0.224 e. The number of halogens is 2. The number of fused-ring (bicyclic) bond motifs is 1. The van der Waals surface area contributed by atoms with Gasteiger partial charge in [-0.25, -0.2) is 4.98 Å². The first kappa shape index (κ1) is 14.9. The quantitative estimate of drug-likeness (QED) is 0.733. The number of rotatable bonds is 4. The van der Waals surface area contributed by atoms with Crippen molar-refractivity contribution in [1.29, 1.82) is 0 Å². The van der Waals surface area contributed by atoms with Crippen LogP contribution in [0.2, 0.25) is 10.0 Å². The maximum absolute atomic E-state index is 6.04. The normalized spacial score (nSPS) is 10.7. The van der Waals surface area contributed by atoms with E-state index in [9.17, 15) is 0 Å². The molecule has 0 fully saturated rings. The van der Waals surface area contributed by atoms with Gasteiger partial charge >= 0.3 is 0 Å². The van der Waals surface area contributed by atoms with Gasteiger partial charge in [-0.15, -0.1) is 0 Å². The Balaban J connectivity index is 1.91. The molecular weight excluding hydrogens is 319 g/mol. The van der Waals surface area contributed by atoms with Gasteiger partial charge in [0, 0.05) is 19.0 Å². The van der Waals surface area contributed by atoms with Crippen LogP contribution < -0.4 is 10.6 Å². The summed E-state index contributed by atoms with van der Waals surface area (Å²) in [6.07, 6.45) is 0. The van der Waals surface area contributed by atoms with Gasteiger partial charge < -0.3 is 10.6 Å². The van der Waals surface area contributed by atoms with Crippen LogP contribution in [0.15, 0.2) is 42.5 Å². The molecule has 0 aliphatic heterocycles. The van der Waals surface area contributed by atoms with Gasteiger partial charge in [-0.3, -0.25) is 0 Å². The summed E-state index contributed by atoms with van der Waals surface area (Å²) in [5.41, 5.74) is 1.92. The Morgan fingerprint density at radius 2 is 1.82 bits per heavy atom. The molecule has 22 heavy (non-hydrogen) atoms. The fraction of sp³-hybridized carbons (Fsp3) is 0.125. The van der Waals surface area contributed by atoms with Crippen molar-refractivity contribution in [2.24, 2.45) is 0 Å². The molecule has 2 aromatic carbocycles. The zero-order chi connectivity index (χ0) is 15.5. The largest absolute Gasteiger partial charge is 0.365 e. The van der Waals surface area contributed by atoms with E-state index in [1.807, 2.05) is 36.4 Å². The molecule has 2 N–H and O–H groups in total. The van der Waals surface area contributed by atoms with Gasteiger partial charge in [0.25, 0.3) is 0 Å². The molecule has 6 heteroatoms. The van der Waals surface area contributed by atoms with Crippen molar-refractivity contribution < 1.29 is 0 Å². The van der Waals surface area contributed by atoms with Crippen LogP contribution in [0.5, 0.6) is 0 Å². The fourth-order valence-electron chi connectivity index (χ4n) is 2.16. The van der Waals surface area contributed by atoms with Crippen molar-refractivity contribution in [3.8, 4) is 0 Å². The molecule has 0 spiro atoms. The topological polar surface area (TPSA) is 49.8 Å². The molecule has 0 atom stereocenters. The van der Waals surface area contributed by atoms with Crippen LogP contribution in [0.4, 0.5) is 11.8 Å². The SMILES string of the molecule is CNc1nc(NCc2ccc(Cl)c(Cl)c2)c2ccccc2n1. The van der Waals surface area contributed by atoms with E-state index in [0.29, 0.717) is 22.5 Å². The van der Waals surface area contributed by atoms with E-state index < -0.39 is 0 Å². The lowest BCUT2D eigenvalue weighted by atomic mass is 10.2. The molecular formula is C16H14Cl2N4. The molecule has 0 saturated carbocycles. The highest BCUT2D eigenvalue weighted by Gasteiger charge is 2.07. The van der Waals surface area contributed by atoms with Gasteiger partial charge in [-0.2, -0.15) is 4.98 Å². The monoisotopic (exact) mass is 332 g/mol. The first-order valence-corrected chi connectivity index (χ1v) is 7.55. The molecule has 0 unspecified atom stereocenters. The molecule has 3 rings (SSSR count). The van der Waals surface area contributed by atoms with Crippen molar-refractivity contribution in [3.63, 3.8) is 0 Å². The van der Waals surface area contributed by atoms with Gasteiger partial charge in [-0.1, -0.05) is 41.4 Å². The van der Waals surface area contributed by atoms with Crippen LogP contribution in [-0.4, -0.2) is 17.0 Å². The lowest BCUT2D eigenvalue weighted by Crippen LogP contribution is -2.05. The molecule has 1 aromatic heterocycles. The van der Waals surface area contributed by atoms with E-state index in [2.05, 4.69) is 20.6 Å². The number of benzene rings is 2. The number of anilines is 2. The van der Waals surface area contributed by atoms with E-state index in [1.165, 1.54) is 0 Å². The van der Waals surface area contributed by atoms with Crippen molar-refractivity contribution >= 4 is 45.9 Å². The van der Waals surface area contributed by atoms with E-state index >= 15 is 0 Å². The molecule has 3 aromatic rings. The third-order valence-corrected chi connectivity index (χ3v) is 4.01. The summed E-state index contributed by atoms with van der Waals surface area (Å²) < 4.78 is 0. The summed E-state index contributed by atoms with van der Waals surface area (Å²) in [5, 5.41) is 8.38. The Kier molecular flexibility index (Phi) is 4.32. The lowest BCUT2D eigenvalue weighted by Gasteiger charge is -2.11. The third kappa shape index (κ3) is 3.08. The van der Waals surface area contributed by atoms with Crippen LogP contribution in [-0.2, 0) is 6.54 Å². The van der Waals surface area contributed by atoms with Gasteiger partial charge in [-0.05, 0) is 29.8 Å². The lowest BCUT2D eigenvalue weighted by molar-refractivity contribution is 1.10. The van der Waals surface area contributed by atoms with Crippen molar-refractivity contribution in [2.75, 3.05) is 17.7 Å². The number of hydrogen-bond donors (Lipinski definition) is 2. The first-order valence-electron chi connectivity index (χ1n) is 6.79. The Labute approximate surface area is 138 Å². The summed E-state index contributed by atoms with van der Waals surface area (Å²) >= 11 is 12.0. The van der Waals surface area contributed by atoms with Crippen LogP contribution in [0.1, 0.15) is 5.56 Å². The predicted molar refractivity (Wildman–Crippen MR) is 92.9 cm³/mol. The van der Waals surface area contributed by atoms with Crippen LogP contribution in [0.3, 0.4) is 0 Å². The highest BCUT2D eigenvalue weighted by molar-refractivity contribution is 6.42. The second kappa shape index (κ2) is 6.38. The molecule has 0 bridgehead atoms. The van der Waals surface area contributed by atoms with Gasteiger partial charge in [0.2, 0.25) is 5.95 Å². The van der Waals surface area contributed by atoms with Gasteiger partial charge in [0.05, 0.1) is 15.6 Å². The molecule has 1 heterocycles. The zero-order valence-electron chi connectivity index (χ0n) is 11.9.